The second kappa shape index (κ2) is 10.5. The Labute approximate surface area is 219 Å². The highest BCUT2D eigenvalue weighted by Gasteiger charge is 2.17. The Hall–Kier alpha value is -5.11. The number of carbonyl (C=O) groups is 1. The van der Waals surface area contributed by atoms with Crippen LogP contribution in [0.2, 0.25) is 0 Å². The second-order valence-electron chi connectivity index (χ2n) is 8.96. The fourth-order valence-corrected chi connectivity index (χ4v) is 4.33. The zero-order chi connectivity index (χ0) is 25.7. The van der Waals surface area contributed by atoms with E-state index < -0.39 is 0 Å². The molecule has 6 aromatic rings. The number of aromatic nitrogens is 6. The second-order valence-corrected chi connectivity index (χ2v) is 8.96. The molecule has 0 bridgehead atoms. The highest BCUT2D eigenvalue weighted by molar-refractivity contribution is 5.76. The van der Waals surface area contributed by atoms with Crippen LogP contribution in [0.3, 0.4) is 0 Å². The zero-order valence-corrected chi connectivity index (χ0v) is 20.6. The molecule has 0 saturated heterocycles. The lowest BCUT2D eigenvalue weighted by molar-refractivity contribution is -0.133. The number of pyridine rings is 3. The molecule has 0 saturated carbocycles. The number of hydrogen-bond donors (Lipinski definition) is 0. The number of imidazole rings is 1. The molecule has 38 heavy (non-hydrogen) atoms. The van der Waals surface area contributed by atoms with Crippen LogP contribution >= 0.6 is 0 Å². The maximum absolute atomic E-state index is 13.3. The summed E-state index contributed by atoms with van der Waals surface area (Å²) in [7, 11) is 0. The van der Waals surface area contributed by atoms with Crippen molar-refractivity contribution in [2.24, 2.45) is 0 Å². The lowest BCUT2D eigenvalue weighted by Gasteiger charge is -2.22. The van der Waals surface area contributed by atoms with E-state index in [1.165, 1.54) is 0 Å². The highest BCUT2D eigenvalue weighted by atomic mass is 16.2. The van der Waals surface area contributed by atoms with Crippen molar-refractivity contribution in [3.63, 3.8) is 0 Å². The molecule has 5 aromatic heterocycles. The SMILES string of the molecule is O=C(Cn1ccc(-c2ccc(-c3cn4ccccc4n3)cc2)n1)N(Cc1ccccn1)Cc1ccccn1. The summed E-state index contributed by atoms with van der Waals surface area (Å²) in [5.74, 6) is -0.0573. The van der Waals surface area contributed by atoms with Gasteiger partial charge in [-0.3, -0.25) is 19.4 Å². The van der Waals surface area contributed by atoms with E-state index in [0.717, 1.165) is 39.5 Å². The average Bonchev–Trinajstić information content (AvgIpc) is 3.61. The number of nitrogens with zero attached hydrogens (tertiary/aromatic N) is 7. The fraction of sp³-hybridized carbons (Fsp3) is 0.100. The molecule has 1 aromatic carbocycles. The minimum absolute atomic E-state index is 0.0573. The Balaban J connectivity index is 1.17. The van der Waals surface area contributed by atoms with Crippen LogP contribution < -0.4 is 0 Å². The minimum Gasteiger partial charge on any atom is -0.329 e. The molecule has 1 amide bonds. The van der Waals surface area contributed by atoms with Crippen molar-refractivity contribution < 1.29 is 4.79 Å². The van der Waals surface area contributed by atoms with Gasteiger partial charge in [0.1, 0.15) is 12.2 Å². The van der Waals surface area contributed by atoms with Crippen molar-refractivity contribution in [1.29, 1.82) is 0 Å². The lowest BCUT2D eigenvalue weighted by atomic mass is 10.1. The van der Waals surface area contributed by atoms with Crippen molar-refractivity contribution in [2.45, 2.75) is 19.6 Å². The van der Waals surface area contributed by atoms with Gasteiger partial charge < -0.3 is 9.30 Å². The van der Waals surface area contributed by atoms with E-state index in [2.05, 4.69) is 15.1 Å². The molecular formula is C30H25N7O. The monoisotopic (exact) mass is 499 g/mol. The van der Waals surface area contributed by atoms with Gasteiger partial charge in [-0.25, -0.2) is 4.98 Å². The number of benzene rings is 1. The van der Waals surface area contributed by atoms with Crippen LogP contribution in [0.5, 0.6) is 0 Å². The highest BCUT2D eigenvalue weighted by Crippen LogP contribution is 2.24. The number of rotatable bonds is 8. The third kappa shape index (κ3) is 5.19. The van der Waals surface area contributed by atoms with E-state index in [1.54, 1.807) is 22.0 Å². The van der Waals surface area contributed by atoms with Gasteiger partial charge in [-0.15, -0.1) is 0 Å². The van der Waals surface area contributed by atoms with Gasteiger partial charge in [0, 0.05) is 42.1 Å². The molecule has 0 aliphatic heterocycles. The minimum atomic E-state index is -0.0573. The van der Waals surface area contributed by atoms with Gasteiger partial charge in [0.25, 0.3) is 0 Å². The predicted octanol–water partition coefficient (Wildman–Crippen LogP) is 4.88. The van der Waals surface area contributed by atoms with Crippen molar-refractivity contribution in [2.75, 3.05) is 0 Å². The predicted molar refractivity (Wildman–Crippen MR) is 145 cm³/mol. The summed E-state index contributed by atoms with van der Waals surface area (Å²) in [4.78, 5) is 28.6. The summed E-state index contributed by atoms with van der Waals surface area (Å²) in [6.45, 7) is 0.919. The molecule has 186 valence electrons. The molecule has 0 aliphatic rings. The fourth-order valence-electron chi connectivity index (χ4n) is 4.33. The Morgan fingerprint density at radius 3 is 2.00 bits per heavy atom. The summed E-state index contributed by atoms with van der Waals surface area (Å²) in [6.07, 6.45) is 9.31. The Morgan fingerprint density at radius 2 is 1.37 bits per heavy atom. The Bertz CT molecular complexity index is 1580. The molecule has 0 spiro atoms. The van der Waals surface area contributed by atoms with Crippen molar-refractivity contribution in [1.82, 2.24) is 34.0 Å². The number of fused-ring (bicyclic) bond motifs is 1. The van der Waals surface area contributed by atoms with Crippen molar-refractivity contribution in [3.8, 4) is 22.5 Å². The molecule has 0 fully saturated rings. The van der Waals surface area contributed by atoms with Crippen LogP contribution in [0.4, 0.5) is 0 Å². The van der Waals surface area contributed by atoms with Gasteiger partial charge in [-0.05, 0) is 42.5 Å². The van der Waals surface area contributed by atoms with Crippen LogP contribution in [0.1, 0.15) is 11.4 Å². The van der Waals surface area contributed by atoms with E-state index in [4.69, 9.17) is 4.98 Å². The number of hydrogen-bond acceptors (Lipinski definition) is 5. The summed E-state index contributed by atoms with van der Waals surface area (Å²) in [6, 6.07) is 27.4. The first-order valence-corrected chi connectivity index (χ1v) is 12.4. The van der Waals surface area contributed by atoms with E-state index in [0.29, 0.717) is 13.1 Å². The van der Waals surface area contributed by atoms with Crippen LogP contribution in [0.15, 0.2) is 116 Å². The largest absolute Gasteiger partial charge is 0.329 e. The smallest absolute Gasteiger partial charge is 0.245 e. The first kappa shape index (κ1) is 23.3. The van der Waals surface area contributed by atoms with Crippen LogP contribution in [-0.4, -0.2) is 39.9 Å². The molecule has 0 atom stereocenters. The standard InChI is InChI=1S/C30H25N7O/c38-30(36(19-25-7-1-4-15-31-25)20-26-8-2-5-16-32-26)22-37-18-14-27(34-37)23-10-12-24(13-11-23)28-21-35-17-6-3-9-29(35)33-28/h1-18,21H,19-20,22H2. The van der Waals surface area contributed by atoms with E-state index >= 15 is 0 Å². The van der Waals surface area contributed by atoms with Gasteiger partial charge in [0.15, 0.2) is 0 Å². The van der Waals surface area contributed by atoms with Crippen molar-refractivity contribution >= 4 is 11.6 Å². The van der Waals surface area contributed by atoms with Crippen LogP contribution in [0.25, 0.3) is 28.2 Å². The molecule has 0 unspecified atom stereocenters. The van der Waals surface area contributed by atoms with Crippen LogP contribution in [0, 0.1) is 0 Å². The van der Waals surface area contributed by atoms with Gasteiger partial charge >= 0.3 is 0 Å². The number of amides is 1. The van der Waals surface area contributed by atoms with Gasteiger partial charge in [0.2, 0.25) is 5.91 Å². The zero-order valence-electron chi connectivity index (χ0n) is 20.6. The number of carbonyl (C=O) groups excluding carboxylic acids is 1. The molecule has 8 heteroatoms. The van der Waals surface area contributed by atoms with Crippen LogP contribution in [-0.2, 0) is 24.4 Å². The molecule has 8 nitrogen and oxygen atoms in total. The molecule has 0 radical (unpaired) electrons. The maximum Gasteiger partial charge on any atom is 0.245 e. The van der Waals surface area contributed by atoms with E-state index in [-0.39, 0.29) is 12.5 Å². The van der Waals surface area contributed by atoms with E-state index in [1.807, 2.05) is 108 Å². The molecule has 5 heterocycles. The van der Waals surface area contributed by atoms with Gasteiger partial charge in [0.05, 0.1) is 35.9 Å². The summed E-state index contributed by atoms with van der Waals surface area (Å²) >= 11 is 0. The first-order valence-electron chi connectivity index (χ1n) is 12.4. The lowest BCUT2D eigenvalue weighted by Crippen LogP contribution is -2.33. The molecule has 0 N–H and O–H groups in total. The first-order chi connectivity index (χ1) is 18.7. The quantitative estimate of drug-likeness (QED) is 0.298. The Kier molecular flexibility index (Phi) is 6.42. The van der Waals surface area contributed by atoms with Gasteiger partial charge in [-0.2, -0.15) is 5.10 Å². The Morgan fingerprint density at radius 1 is 0.711 bits per heavy atom. The molecule has 6 rings (SSSR count). The van der Waals surface area contributed by atoms with Crippen molar-refractivity contribution in [3.05, 3.63) is 127 Å². The molecule has 0 aliphatic carbocycles. The topological polar surface area (TPSA) is 81.2 Å². The normalized spacial score (nSPS) is 11.1. The summed E-state index contributed by atoms with van der Waals surface area (Å²) in [5, 5.41) is 4.67. The maximum atomic E-state index is 13.3. The molecular weight excluding hydrogens is 474 g/mol. The summed E-state index contributed by atoms with van der Waals surface area (Å²) in [5.41, 5.74) is 6.29. The third-order valence-corrected chi connectivity index (χ3v) is 6.29. The summed E-state index contributed by atoms with van der Waals surface area (Å²) < 4.78 is 3.68. The van der Waals surface area contributed by atoms with E-state index in [9.17, 15) is 4.79 Å². The average molecular weight is 500 g/mol. The van der Waals surface area contributed by atoms with Gasteiger partial charge in [-0.1, -0.05) is 42.5 Å². The third-order valence-electron chi connectivity index (χ3n) is 6.29.